The predicted molar refractivity (Wildman–Crippen MR) is 100 cm³/mol. The number of anilines is 1. The number of hydrogen-bond acceptors (Lipinski definition) is 2. The quantitative estimate of drug-likeness (QED) is 0.377. The standard InChI is InChI=1S/C18H23F6N3O.ClH/c1-2-3-12-27(15(25)26-10-4-5-11-26)14-8-6-13(7-9-14)16(28,17(19,20)21)18(22,23)24;/h6-9,25,28H,2-5,10-12H2,1H3;1H. The Morgan fingerprint density at radius 1 is 1.03 bits per heavy atom. The summed E-state index contributed by atoms with van der Waals surface area (Å²) in [6, 6.07) is 3.40. The normalized spacial score (nSPS) is 15.2. The van der Waals surface area contributed by atoms with E-state index >= 15 is 0 Å². The first-order valence-corrected chi connectivity index (χ1v) is 9.01. The molecule has 0 aliphatic carbocycles. The number of guanidine groups is 1. The topological polar surface area (TPSA) is 50.6 Å². The number of benzene rings is 1. The summed E-state index contributed by atoms with van der Waals surface area (Å²) in [5, 5.41) is 17.9. The van der Waals surface area contributed by atoms with Crippen molar-refractivity contribution in [3.63, 3.8) is 0 Å². The van der Waals surface area contributed by atoms with E-state index in [2.05, 4.69) is 0 Å². The van der Waals surface area contributed by atoms with Crippen molar-refractivity contribution in [1.82, 2.24) is 4.90 Å². The van der Waals surface area contributed by atoms with E-state index < -0.39 is 23.5 Å². The number of nitrogens with zero attached hydrogens (tertiary/aromatic N) is 2. The van der Waals surface area contributed by atoms with Crippen molar-refractivity contribution in [2.45, 2.75) is 50.6 Å². The molecule has 0 saturated carbocycles. The summed E-state index contributed by atoms with van der Waals surface area (Å²) in [6.07, 6.45) is -8.48. The van der Waals surface area contributed by atoms with Crippen LogP contribution in [0.2, 0.25) is 0 Å². The SMILES string of the molecule is CCCCN(C(=N)N1CCCC1)c1ccc(C(O)(C(F)(F)F)C(F)(F)F)cc1.Cl. The highest BCUT2D eigenvalue weighted by atomic mass is 35.5. The molecule has 1 heterocycles. The fourth-order valence-corrected chi connectivity index (χ4v) is 3.14. The number of nitrogens with one attached hydrogen (secondary N) is 1. The Hall–Kier alpha value is -1.68. The molecule has 0 unspecified atom stereocenters. The van der Waals surface area contributed by atoms with Crippen molar-refractivity contribution in [1.29, 1.82) is 5.41 Å². The number of rotatable bonds is 5. The van der Waals surface area contributed by atoms with Gasteiger partial charge in [0.1, 0.15) is 0 Å². The molecular formula is C18H24ClF6N3O. The second-order valence-electron chi connectivity index (χ2n) is 6.78. The summed E-state index contributed by atoms with van der Waals surface area (Å²) in [6.45, 7) is 3.71. The zero-order chi connectivity index (χ0) is 21.2. The maximum Gasteiger partial charge on any atom is 0.430 e. The Balaban J connectivity index is 0.00000420. The van der Waals surface area contributed by atoms with Crippen LogP contribution in [0.15, 0.2) is 24.3 Å². The molecule has 11 heteroatoms. The molecule has 1 aromatic carbocycles. The molecule has 2 rings (SSSR count). The van der Waals surface area contributed by atoms with Crippen molar-refractivity contribution >= 4 is 24.1 Å². The minimum absolute atomic E-state index is 0. The molecule has 29 heavy (non-hydrogen) atoms. The second-order valence-corrected chi connectivity index (χ2v) is 6.78. The zero-order valence-electron chi connectivity index (χ0n) is 15.8. The Bertz CT molecular complexity index is 658. The lowest BCUT2D eigenvalue weighted by Crippen LogP contribution is -2.53. The third-order valence-corrected chi connectivity index (χ3v) is 4.81. The van der Waals surface area contributed by atoms with Crippen LogP contribution in [0.5, 0.6) is 0 Å². The first-order valence-electron chi connectivity index (χ1n) is 9.01. The third-order valence-electron chi connectivity index (χ3n) is 4.81. The maximum atomic E-state index is 13.0. The van der Waals surface area contributed by atoms with E-state index in [1.54, 1.807) is 4.90 Å². The van der Waals surface area contributed by atoms with Gasteiger partial charge in [0.2, 0.25) is 0 Å². The molecule has 2 N–H and O–H groups in total. The van der Waals surface area contributed by atoms with Crippen LogP contribution in [0.4, 0.5) is 32.0 Å². The van der Waals surface area contributed by atoms with Gasteiger partial charge in [-0.15, -0.1) is 12.4 Å². The van der Waals surface area contributed by atoms with E-state index in [1.807, 2.05) is 11.8 Å². The van der Waals surface area contributed by atoms with Gasteiger partial charge in [-0.3, -0.25) is 5.41 Å². The van der Waals surface area contributed by atoms with Gasteiger partial charge in [-0.25, -0.2) is 0 Å². The molecule has 0 bridgehead atoms. The minimum atomic E-state index is -5.92. The van der Waals surface area contributed by atoms with E-state index in [0.717, 1.165) is 31.4 Å². The van der Waals surface area contributed by atoms with Gasteiger partial charge < -0.3 is 14.9 Å². The summed E-state index contributed by atoms with van der Waals surface area (Å²) in [5.74, 6) is 0.167. The lowest BCUT2D eigenvalue weighted by Gasteiger charge is -2.34. The maximum absolute atomic E-state index is 13.0. The molecule has 0 amide bonds. The summed E-state index contributed by atoms with van der Waals surface area (Å²) < 4.78 is 78.1. The van der Waals surface area contributed by atoms with Crippen molar-refractivity contribution in [3.8, 4) is 0 Å². The fraction of sp³-hybridized carbons (Fsp3) is 0.611. The average Bonchev–Trinajstić information content (AvgIpc) is 3.14. The van der Waals surface area contributed by atoms with Gasteiger partial charge in [0.05, 0.1) is 0 Å². The Morgan fingerprint density at radius 2 is 1.52 bits per heavy atom. The summed E-state index contributed by atoms with van der Waals surface area (Å²) >= 11 is 0. The van der Waals surface area contributed by atoms with Crippen LogP contribution in [-0.2, 0) is 5.60 Å². The van der Waals surface area contributed by atoms with Gasteiger partial charge in [-0.1, -0.05) is 25.5 Å². The van der Waals surface area contributed by atoms with Crippen LogP contribution in [0.1, 0.15) is 38.2 Å². The Kier molecular flexibility index (Phi) is 8.24. The number of alkyl halides is 6. The third kappa shape index (κ3) is 5.09. The molecule has 1 aliphatic rings. The van der Waals surface area contributed by atoms with E-state index in [-0.39, 0.29) is 18.4 Å². The molecule has 1 fully saturated rings. The first-order chi connectivity index (χ1) is 12.9. The average molecular weight is 448 g/mol. The van der Waals surface area contributed by atoms with E-state index in [9.17, 15) is 31.4 Å². The largest absolute Gasteiger partial charge is 0.430 e. The Labute approximate surface area is 171 Å². The van der Waals surface area contributed by atoms with Crippen LogP contribution in [0.25, 0.3) is 0 Å². The zero-order valence-corrected chi connectivity index (χ0v) is 16.6. The summed E-state index contributed by atoms with van der Waals surface area (Å²) in [7, 11) is 0. The number of aliphatic hydroxyl groups is 1. The molecule has 0 aromatic heterocycles. The number of likely N-dealkylation sites (tertiary alicyclic amines) is 1. The molecule has 1 aliphatic heterocycles. The van der Waals surface area contributed by atoms with Gasteiger partial charge in [0.25, 0.3) is 5.60 Å². The van der Waals surface area contributed by atoms with Crippen molar-refractivity contribution in [3.05, 3.63) is 29.8 Å². The molecule has 0 atom stereocenters. The van der Waals surface area contributed by atoms with Crippen molar-refractivity contribution in [2.75, 3.05) is 24.5 Å². The van der Waals surface area contributed by atoms with Gasteiger partial charge in [-0.2, -0.15) is 26.3 Å². The first kappa shape index (κ1) is 25.4. The lowest BCUT2D eigenvalue weighted by atomic mass is 9.92. The van der Waals surface area contributed by atoms with Crippen LogP contribution in [-0.4, -0.2) is 48.0 Å². The van der Waals surface area contributed by atoms with Crippen LogP contribution < -0.4 is 4.90 Å². The number of unbranched alkanes of at least 4 members (excludes halogenated alkanes) is 1. The monoisotopic (exact) mass is 447 g/mol. The lowest BCUT2D eigenvalue weighted by molar-refractivity contribution is -0.376. The van der Waals surface area contributed by atoms with Gasteiger partial charge in [0, 0.05) is 30.9 Å². The van der Waals surface area contributed by atoms with E-state index in [0.29, 0.717) is 43.9 Å². The van der Waals surface area contributed by atoms with Crippen molar-refractivity contribution < 1.29 is 31.4 Å². The molecule has 0 radical (unpaired) electrons. The van der Waals surface area contributed by atoms with E-state index in [1.165, 1.54) is 0 Å². The summed E-state index contributed by atoms with van der Waals surface area (Å²) in [5.41, 5.74) is -5.95. The molecular weight excluding hydrogens is 424 g/mol. The highest BCUT2D eigenvalue weighted by Crippen LogP contribution is 2.50. The second kappa shape index (κ2) is 9.42. The minimum Gasteiger partial charge on any atom is -0.369 e. The van der Waals surface area contributed by atoms with Gasteiger partial charge >= 0.3 is 12.4 Å². The smallest absolute Gasteiger partial charge is 0.369 e. The van der Waals surface area contributed by atoms with Crippen LogP contribution >= 0.6 is 12.4 Å². The summed E-state index contributed by atoms with van der Waals surface area (Å²) in [4.78, 5) is 3.39. The number of hydrogen-bond donors (Lipinski definition) is 2. The van der Waals surface area contributed by atoms with Gasteiger partial charge in [-0.05, 0) is 31.4 Å². The molecule has 0 spiro atoms. The molecule has 1 aromatic rings. The van der Waals surface area contributed by atoms with E-state index in [4.69, 9.17) is 5.41 Å². The van der Waals surface area contributed by atoms with Crippen LogP contribution in [0.3, 0.4) is 0 Å². The van der Waals surface area contributed by atoms with Crippen LogP contribution in [0, 0.1) is 5.41 Å². The van der Waals surface area contributed by atoms with Gasteiger partial charge in [0.15, 0.2) is 5.96 Å². The molecule has 166 valence electrons. The highest BCUT2D eigenvalue weighted by Gasteiger charge is 2.71. The Morgan fingerprint density at radius 3 is 1.93 bits per heavy atom. The number of halogens is 7. The molecule has 4 nitrogen and oxygen atoms in total. The molecule has 1 saturated heterocycles. The predicted octanol–water partition coefficient (Wildman–Crippen LogP) is 5.06. The fourth-order valence-electron chi connectivity index (χ4n) is 3.14. The highest BCUT2D eigenvalue weighted by molar-refractivity contribution is 5.94. The van der Waals surface area contributed by atoms with Crippen molar-refractivity contribution in [2.24, 2.45) is 0 Å².